The molecule has 0 N–H and O–H groups in total. The van der Waals surface area contributed by atoms with Crippen LogP contribution in [0.15, 0.2) is 41.5 Å². The maximum atomic E-state index is 13.2. The molecule has 3 aromatic rings. The summed E-state index contributed by atoms with van der Waals surface area (Å²) in [5, 5.41) is 14.0. The Balaban J connectivity index is 2.29. The number of aromatic nitrogens is 4. The Kier molecular flexibility index (Phi) is 7.28. The fourth-order valence-electron chi connectivity index (χ4n) is 4.09. The number of carbonyl (C=O) groups excluding carboxylic acids is 1. The summed E-state index contributed by atoms with van der Waals surface area (Å²) in [5.74, 6) is -1.22. The van der Waals surface area contributed by atoms with E-state index >= 15 is 0 Å². The molecule has 2 atom stereocenters. The summed E-state index contributed by atoms with van der Waals surface area (Å²) < 4.78 is 13.5. The highest BCUT2D eigenvalue weighted by Crippen LogP contribution is 2.39. The third-order valence-electron chi connectivity index (χ3n) is 5.55. The maximum Gasteiger partial charge on any atom is 0.361 e. The Morgan fingerprint density at radius 3 is 2.58 bits per heavy atom. The Bertz CT molecular complexity index is 1250. The summed E-state index contributed by atoms with van der Waals surface area (Å²) in [6.45, 7) is 5.88. The zero-order valence-corrected chi connectivity index (χ0v) is 19.4. The van der Waals surface area contributed by atoms with E-state index in [-0.39, 0.29) is 24.0 Å². The fourth-order valence-corrected chi connectivity index (χ4v) is 4.09. The van der Waals surface area contributed by atoms with Crippen LogP contribution in [0.2, 0.25) is 0 Å². The molecule has 2 heterocycles. The largest absolute Gasteiger partial charge is 0.489 e. The molecule has 0 aliphatic rings. The summed E-state index contributed by atoms with van der Waals surface area (Å²) >= 11 is 0. The number of nitrogens with zero attached hydrogens (tertiary/aromatic N) is 5. The van der Waals surface area contributed by atoms with Crippen molar-refractivity contribution in [2.45, 2.75) is 39.2 Å². The lowest BCUT2D eigenvalue weighted by atomic mass is 9.80. The number of rotatable bonds is 8. The number of esters is 1. The van der Waals surface area contributed by atoms with Crippen molar-refractivity contribution < 1.29 is 14.3 Å². The number of methoxy groups -OCH3 is 1. The van der Waals surface area contributed by atoms with Crippen molar-refractivity contribution in [2.24, 2.45) is 7.05 Å². The standard InChI is InChI=1S/C24H27N5O4/c1-6-29-22(27-20(24(31)33-7-2)21(32-5)23(29)30)15(3)19(17-13-26-28(4)14-17)18-11-9-8-10-16(18)12-25/h8-11,13-15,19H,6-7H2,1-5H3. The zero-order valence-electron chi connectivity index (χ0n) is 19.4. The third-order valence-corrected chi connectivity index (χ3v) is 5.55. The van der Waals surface area contributed by atoms with Crippen molar-refractivity contribution >= 4 is 5.97 Å². The topological polar surface area (TPSA) is 112 Å². The summed E-state index contributed by atoms with van der Waals surface area (Å²) in [7, 11) is 3.14. The van der Waals surface area contributed by atoms with Gasteiger partial charge in [-0.15, -0.1) is 0 Å². The number of ether oxygens (including phenoxy) is 2. The van der Waals surface area contributed by atoms with Gasteiger partial charge in [-0.25, -0.2) is 9.78 Å². The average Bonchev–Trinajstić information content (AvgIpc) is 3.24. The van der Waals surface area contributed by atoms with E-state index in [4.69, 9.17) is 9.47 Å². The van der Waals surface area contributed by atoms with E-state index in [1.54, 1.807) is 29.9 Å². The molecule has 172 valence electrons. The summed E-state index contributed by atoms with van der Waals surface area (Å²) in [5.41, 5.74) is 1.54. The van der Waals surface area contributed by atoms with Crippen LogP contribution in [0.5, 0.6) is 5.75 Å². The first kappa shape index (κ1) is 23.7. The van der Waals surface area contributed by atoms with Gasteiger partial charge >= 0.3 is 5.97 Å². The molecule has 9 heteroatoms. The van der Waals surface area contributed by atoms with Crippen LogP contribution >= 0.6 is 0 Å². The molecule has 0 aliphatic carbocycles. The van der Waals surface area contributed by atoms with Gasteiger partial charge in [0.2, 0.25) is 5.75 Å². The second-order valence-corrected chi connectivity index (χ2v) is 7.53. The summed E-state index contributed by atoms with van der Waals surface area (Å²) in [6, 6.07) is 9.56. The van der Waals surface area contributed by atoms with Crippen molar-refractivity contribution in [2.75, 3.05) is 13.7 Å². The Labute approximate surface area is 192 Å². The number of nitriles is 1. The SMILES string of the molecule is CCOC(=O)c1nc(C(C)C(c2cnn(C)c2)c2ccccc2C#N)n(CC)c(=O)c1OC. The van der Waals surface area contributed by atoms with Gasteiger partial charge in [0.25, 0.3) is 5.56 Å². The van der Waals surface area contributed by atoms with Gasteiger partial charge in [0.1, 0.15) is 5.82 Å². The summed E-state index contributed by atoms with van der Waals surface area (Å²) in [4.78, 5) is 30.4. The Morgan fingerprint density at radius 2 is 2.00 bits per heavy atom. The van der Waals surface area contributed by atoms with Crippen LogP contribution in [-0.4, -0.2) is 39.0 Å². The van der Waals surface area contributed by atoms with Gasteiger partial charge in [0.05, 0.1) is 31.5 Å². The predicted octanol–water partition coefficient (Wildman–Crippen LogP) is 2.99. The van der Waals surface area contributed by atoms with Gasteiger partial charge < -0.3 is 9.47 Å². The number of hydrogen-bond acceptors (Lipinski definition) is 7. The molecule has 0 saturated carbocycles. The maximum absolute atomic E-state index is 13.2. The van der Waals surface area contributed by atoms with Crippen molar-refractivity contribution in [3.63, 3.8) is 0 Å². The minimum absolute atomic E-state index is 0.138. The van der Waals surface area contributed by atoms with Crippen LogP contribution in [-0.2, 0) is 18.3 Å². The van der Waals surface area contributed by atoms with Crippen LogP contribution in [0, 0.1) is 11.3 Å². The van der Waals surface area contributed by atoms with Gasteiger partial charge in [0, 0.05) is 31.6 Å². The lowest BCUT2D eigenvalue weighted by molar-refractivity contribution is 0.0513. The lowest BCUT2D eigenvalue weighted by Crippen LogP contribution is -2.31. The monoisotopic (exact) mass is 449 g/mol. The van der Waals surface area contributed by atoms with E-state index in [1.807, 2.05) is 39.2 Å². The first-order valence-electron chi connectivity index (χ1n) is 10.7. The molecule has 3 rings (SSSR count). The van der Waals surface area contributed by atoms with E-state index < -0.39 is 17.4 Å². The van der Waals surface area contributed by atoms with E-state index in [0.717, 1.165) is 11.1 Å². The minimum Gasteiger partial charge on any atom is -0.489 e. The van der Waals surface area contributed by atoms with Crippen LogP contribution in [0.4, 0.5) is 0 Å². The minimum atomic E-state index is -0.724. The molecule has 0 fully saturated rings. The molecule has 0 spiro atoms. The number of carbonyl (C=O) groups is 1. The van der Waals surface area contributed by atoms with E-state index in [0.29, 0.717) is 17.9 Å². The molecular formula is C24H27N5O4. The second kappa shape index (κ2) is 10.1. The molecular weight excluding hydrogens is 422 g/mol. The third kappa shape index (κ3) is 4.51. The van der Waals surface area contributed by atoms with Crippen molar-refractivity contribution in [3.8, 4) is 11.8 Å². The van der Waals surface area contributed by atoms with E-state index in [1.165, 1.54) is 11.7 Å². The second-order valence-electron chi connectivity index (χ2n) is 7.53. The van der Waals surface area contributed by atoms with Crippen LogP contribution in [0.25, 0.3) is 0 Å². The number of hydrogen-bond donors (Lipinski definition) is 0. The first-order valence-corrected chi connectivity index (χ1v) is 10.7. The molecule has 0 amide bonds. The van der Waals surface area contributed by atoms with E-state index in [9.17, 15) is 14.9 Å². The Morgan fingerprint density at radius 1 is 1.27 bits per heavy atom. The van der Waals surface area contributed by atoms with Gasteiger partial charge in [-0.1, -0.05) is 25.1 Å². The molecule has 0 aliphatic heterocycles. The van der Waals surface area contributed by atoms with E-state index in [2.05, 4.69) is 16.2 Å². The first-order chi connectivity index (χ1) is 15.9. The molecule has 2 unspecified atom stereocenters. The molecule has 2 aromatic heterocycles. The highest BCUT2D eigenvalue weighted by Gasteiger charge is 2.32. The molecule has 0 radical (unpaired) electrons. The van der Waals surface area contributed by atoms with Gasteiger partial charge in [-0.2, -0.15) is 10.4 Å². The smallest absolute Gasteiger partial charge is 0.361 e. The zero-order chi connectivity index (χ0) is 24.1. The van der Waals surface area contributed by atoms with Gasteiger partial charge in [0.15, 0.2) is 5.69 Å². The number of aryl methyl sites for hydroxylation is 1. The van der Waals surface area contributed by atoms with Crippen LogP contribution < -0.4 is 10.3 Å². The summed E-state index contributed by atoms with van der Waals surface area (Å²) in [6.07, 6.45) is 3.61. The molecule has 9 nitrogen and oxygen atoms in total. The highest BCUT2D eigenvalue weighted by atomic mass is 16.5. The molecule has 33 heavy (non-hydrogen) atoms. The van der Waals surface area contributed by atoms with Crippen molar-refractivity contribution in [3.05, 3.63) is 75.2 Å². The van der Waals surface area contributed by atoms with Gasteiger partial charge in [-0.05, 0) is 31.0 Å². The average molecular weight is 450 g/mol. The lowest BCUT2D eigenvalue weighted by Gasteiger charge is -2.27. The normalized spacial score (nSPS) is 12.6. The van der Waals surface area contributed by atoms with Crippen LogP contribution in [0.1, 0.15) is 65.6 Å². The Hall–Kier alpha value is -3.93. The van der Waals surface area contributed by atoms with Crippen LogP contribution in [0.3, 0.4) is 0 Å². The van der Waals surface area contributed by atoms with Gasteiger partial charge in [-0.3, -0.25) is 14.0 Å². The predicted molar refractivity (Wildman–Crippen MR) is 121 cm³/mol. The number of benzene rings is 1. The van der Waals surface area contributed by atoms with Crippen molar-refractivity contribution in [1.29, 1.82) is 5.26 Å². The highest BCUT2D eigenvalue weighted by molar-refractivity contribution is 5.90. The fraction of sp³-hybridized carbons (Fsp3) is 0.375. The quantitative estimate of drug-likeness (QED) is 0.486. The van der Waals surface area contributed by atoms with Crippen molar-refractivity contribution in [1.82, 2.24) is 19.3 Å². The molecule has 0 bridgehead atoms. The molecule has 1 aromatic carbocycles. The molecule has 0 saturated heterocycles.